The number of nitrogens with zero attached hydrogens (tertiary/aromatic N) is 3. The fraction of sp³-hybridized carbons (Fsp3) is 0.143. The Balaban J connectivity index is 1.92. The first-order valence-corrected chi connectivity index (χ1v) is 7.25. The third-order valence-electron chi connectivity index (χ3n) is 3.22. The van der Waals surface area contributed by atoms with Crippen LogP contribution in [0.5, 0.6) is 5.75 Å². The lowest BCUT2D eigenvalue weighted by Crippen LogP contribution is -2.17. The Kier molecular flexibility index (Phi) is 4.32. The number of aromatic nitrogens is 4. The van der Waals surface area contributed by atoms with Gasteiger partial charge in [-0.15, -0.1) is 0 Å². The van der Waals surface area contributed by atoms with Crippen LogP contribution in [0, 0.1) is 0 Å². The van der Waals surface area contributed by atoms with E-state index < -0.39 is 29.3 Å². The van der Waals surface area contributed by atoms with Crippen molar-refractivity contribution in [2.24, 2.45) is 0 Å². The van der Waals surface area contributed by atoms with Crippen molar-refractivity contribution >= 4 is 23.3 Å². The monoisotopic (exact) mass is 388 g/mol. The van der Waals surface area contributed by atoms with Gasteiger partial charge in [0.05, 0.1) is 10.7 Å². The fourth-order valence-electron chi connectivity index (χ4n) is 2.11. The maximum atomic E-state index is 12.7. The van der Waals surface area contributed by atoms with Crippen LogP contribution in [-0.4, -0.2) is 30.7 Å². The van der Waals surface area contributed by atoms with Crippen molar-refractivity contribution in [2.45, 2.75) is 12.8 Å². The smallest absolute Gasteiger partial charge is 0.451 e. The molecular formula is C14H8ClF3N4O4. The number of fused-ring (bicyclic) bond motifs is 1. The Hall–Kier alpha value is -3.08. The molecular weight excluding hydrogens is 381 g/mol. The Morgan fingerprint density at radius 1 is 1.35 bits per heavy atom. The Morgan fingerprint density at radius 2 is 2.08 bits per heavy atom. The van der Waals surface area contributed by atoms with Gasteiger partial charge in [-0.2, -0.15) is 22.7 Å². The van der Waals surface area contributed by atoms with Crippen molar-refractivity contribution in [2.75, 3.05) is 0 Å². The van der Waals surface area contributed by atoms with Gasteiger partial charge in [-0.05, 0) is 12.1 Å². The molecule has 3 aromatic rings. The van der Waals surface area contributed by atoms with Crippen LogP contribution < -0.4 is 10.3 Å². The van der Waals surface area contributed by atoms with Gasteiger partial charge in [0.1, 0.15) is 17.9 Å². The number of rotatable bonds is 4. The second-order valence-electron chi connectivity index (χ2n) is 5.00. The third kappa shape index (κ3) is 3.33. The molecule has 0 saturated carbocycles. The van der Waals surface area contributed by atoms with E-state index in [9.17, 15) is 22.8 Å². The molecule has 0 atom stereocenters. The number of ether oxygens (including phenoxy) is 1. The van der Waals surface area contributed by atoms with Gasteiger partial charge in [0.25, 0.3) is 11.3 Å². The maximum Gasteiger partial charge on any atom is 0.451 e. The summed E-state index contributed by atoms with van der Waals surface area (Å²) in [7, 11) is 0. The van der Waals surface area contributed by atoms with Crippen molar-refractivity contribution in [1.29, 1.82) is 0 Å². The fourth-order valence-corrected chi connectivity index (χ4v) is 2.36. The Bertz CT molecular complexity index is 1060. The molecule has 8 nitrogen and oxygen atoms in total. The molecule has 0 unspecified atom stereocenters. The minimum absolute atomic E-state index is 0.0356. The molecule has 1 aromatic carbocycles. The average Bonchev–Trinajstić information content (AvgIpc) is 2.97. The minimum atomic E-state index is -4.77. The van der Waals surface area contributed by atoms with Gasteiger partial charge in [-0.1, -0.05) is 17.7 Å². The van der Waals surface area contributed by atoms with Gasteiger partial charge in [0.2, 0.25) is 5.82 Å². The lowest BCUT2D eigenvalue weighted by atomic mass is 10.2. The molecule has 0 fully saturated rings. The van der Waals surface area contributed by atoms with Crippen LogP contribution in [0.25, 0.3) is 5.78 Å². The molecule has 0 spiro atoms. The van der Waals surface area contributed by atoms with Crippen LogP contribution in [0.3, 0.4) is 0 Å². The highest BCUT2D eigenvalue weighted by Gasteiger charge is 2.35. The molecule has 2 N–H and O–H groups in total. The first kappa shape index (κ1) is 17.7. The molecule has 0 aliphatic heterocycles. The summed E-state index contributed by atoms with van der Waals surface area (Å²) >= 11 is 5.80. The van der Waals surface area contributed by atoms with E-state index in [-0.39, 0.29) is 28.6 Å². The quantitative estimate of drug-likeness (QED) is 0.710. The summed E-state index contributed by atoms with van der Waals surface area (Å²) in [5.41, 5.74) is -1.15. The van der Waals surface area contributed by atoms with E-state index in [2.05, 4.69) is 9.97 Å². The highest BCUT2D eigenvalue weighted by molar-refractivity contribution is 6.33. The van der Waals surface area contributed by atoms with Crippen LogP contribution in [-0.2, 0) is 12.8 Å². The molecule has 12 heteroatoms. The van der Waals surface area contributed by atoms with E-state index >= 15 is 0 Å². The lowest BCUT2D eigenvalue weighted by Gasteiger charge is -2.09. The van der Waals surface area contributed by atoms with Crippen LogP contribution in [0.4, 0.5) is 13.2 Å². The number of carboxylic acids is 1. The highest BCUT2D eigenvalue weighted by Crippen LogP contribution is 2.27. The normalized spacial score (nSPS) is 11.7. The standard InChI is InChI=1S/C14H8ClF3N4O4/c15-7-2-1-3-8(10(7)11(24)25)26-5-6-4-9(23)22-13(19-6)20-12(21-22)14(16,17)18/h1-4H,5H2,(H,24,25)(H,19,20,21). The van der Waals surface area contributed by atoms with E-state index in [0.717, 1.165) is 6.07 Å². The molecule has 26 heavy (non-hydrogen) atoms. The van der Waals surface area contributed by atoms with E-state index in [1.54, 1.807) is 5.10 Å². The molecule has 2 heterocycles. The van der Waals surface area contributed by atoms with E-state index in [4.69, 9.17) is 21.4 Å². The number of carboxylic acid groups (broad SMARTS) is 1. The molecule has 0 aliphatic carbocycles. The largest absolute Gasteiger partial charge is 0.486 e. The number of aromatic carboxylic acids is 1. The summed E-state index contributed by atoms with van der Waals surface area (Å²) in [6.45, 7) is -0.374. The van der Waals surface area contributed by atoms with E-state index in [1.165, 1.54) is 18.2 Å². The summed E-state index contributed by atoms with van der Waals surface area (Å²) in [6, 6.07) is 5.10. The number of nitrogens with one attached hydrogen (secondary N) is 1. The van der Waals surface area contributed by atoms with Gasteiger partial charge in [-0.3, -0.25) is 9.89 Å². The van der Waals surface area contributed by atoms with Crippen molar-refractivity contribution in [1.82, 2.24) is 19.6 Å². The van der Waals surface area contributed by atoms with Gasteiger partial charge >= 0.3 is 12.1 Å². The minimum Gasteiger partial charge on any atom is -0.486 e. The maximum absolute atomic E-state index is 12.7. The van der Waals surface area contributed by atoms with Crippen molar-refractivity contribution < 1.29 is 27.8 Å². The summed E-state index contributed by atoms with van der Waals surface area (Å²) < 4.78 is 43.8. The average molecular weight is 389 g/mol. The van der Waals surface area contributed by atoms with E-state index in [0.29, 0.717) is 4.52 Å². The first-order chi connectivity index (χ1) is 12.2. The number of halogens is 4. The molecule has 2 aromatic heterocycles. The third-order valence-corrected chi connectivity index (χ3v) is 3.53. The zero-order valence-electron chi connectivity index (χ0n) is 12.5. The molecule has 0 bridgehead atoms. The Morgan fingerprint density at radius 3 is 2.73 bits per heavy atom. The predicted molar refractivity (Wildman–Crippen MR) is 81.4 cm³/mol. The highest BCUT2D eigenvalue weighted by atomic mass is 35.5. The second-order valence-corrected chi connectivity index (χ2v) is 5.41. The van der Waals surface area contributed by atoms with Crippen LogP contribution in [0.15, 0.2) is 29.1 Å². The van der Waals surface area contributed by atoms with Crippen molar-refractivity contribution in [3.8, 4) is 5.75 Å². The van der Waals surface area contributed by atoms with Crippen molar-refractivity contribution in [3.05, 3.63) is 56.7 Å². The van der Waals surface area contributed by atoms with Gasteiger partial charge < -0.3 is 9.84 Å². The molecule has 0 amide bonds. The summed E-state index contributed by atoms with van der Waals surface area (Å²) in [6.07, 6.45) is -4.77. The SMILES string of the molecule is O=C(O)c1c(Cl)cccc1OCc1cc(=O)n2[nH]c(C(F)(F)F)nc2n1. The lowest BCUT2D eigenvalue weighted by molar-refractivity contribution is -0.144. The molecule has 0 saturated heterocycles. The summed E-state index contributed by atoms with van der Waals surface area (Å²) in [5.74, 6) is -3.27. The molecule has 136 valence electrons. The zero-order chi connectivity index (χ0) is 19.1. The topological polar surface area (TPSA) is 110 Å². The molecule has 0 aliphatic rings. The van der Waals surface area contributed by atoms with Gasteiger partial charge in [0.15, 0.2) is 0 Å². The van der Waals surface area contributed by atoms with Crippen LogP contribution in [0.1, 0.15) is 21.9 Å². The van der Waals surface area contributed by atoms with Crippen LogP contribution >= 0.6 is 11.6 Å². The van der Waals surface area contributed by atoms with Gasteiger partial charge in [0, 0.05) is 6.07 Å². The number of hydrogen-bond donors (Lipinski definition) is 2. The number of carbonyl (C=O) groups is 1. The number of aromatic amines is 1. The molecule has 3 rings (SSSR count). The first-order valence-electron chi connectivity index (χ1n) is 6.87. The van der Waals surface area contributed by atoms with Crippen molar-refractivity contribution in [3.63, 3.8) is 0 Å². The number of benzene rings is 1. The predicted octanol–water partition coefficient (Wildman–Crippen LogP) is 2.37. The number of hydrogen-bond acceptors (Lipinski definition) is 5. The number of alkyl halides is 3. The molecule has 0 radical (unpaired) electrons. The number of H-pyrrole nitrogens is 1. The second kappa shape index (κ2) is 6.33. The zero-order valence-corrected chi connectivity index (χ0v) is 13.3. The van der Waals surface area contributed by atoms with Gasteiger partial charge in [-0.25, -0.2) is 9.78 Å². The Labute approximate surface area is 146 Å². The van der Waals surface area contributed by atoms with Crippen LogP contribution in [0.2, 0.25) is 5.02 Å². The summed E-state index contributed by atoms with van der Waals surface area (Å²) in [5, 5.41) is 10.9. The van der Waals surface area contributed by atoms with E-state index in [1.807, 2.05) is 0 Å². The summed E-state index contributed by atoms with van der Waals surface area (Å²) in [4.78, 5) is 30.1.